The molecular formula is C53H98O28. The summed E-state index contributed by atoms with van der Waals surface area (Å²) in [4.78, 5) is 0. The fourth-order valence-electron chi connectivity index (χ4n) is 11.8. The molecule has 0 saturated carbocycles. The Bertz CT molecular complexity index is 1700. The van der Waals surface area contributed by atoms with Crippen LogP contribution in [0.4, 0.5) is 0 Å². The van der Waals surface area contributed by atoms with Gasteiger partial charge in [0, 0.05) is 128 Å². The van der Waals surface area contributed by atoms with Crippen molar-refractivity contribution in [1.29, 1.82) is 0 Å². The van der Waals surface area contributed by atoms with Crippen molar-refractivity contribution < 1.29 is 133 Å². The molecule has 0 spiro atoms. The van der Waals surface area contributed by atoms with Gasteiger partial charge in [0.05, 0.1) is 51.8 Å². The summed E-state index contributed by atoms with van der Waals surface area (Å²) in [5.41, 5.74) is -1.19. The first kappa shape index (κ1) is 70.6. The summed E-state index contributed by atoms with van der Waals surface area (Å²) in [7, 11) is 27.8. The highest BCUT2D eigenvalue weighted by molar-refractivity contribution is 5.01. The van der Waals surface area contributed by atoms with E-state index in [9.17, 15) is 0 Å². The third-order valence-electron chi connectivity index (χ3n) is 15.9. The van der Waals surface area contributed by atoms with Crippen LogP contribution in [0.25, 0.3) is 0 Å². The molecule has 27 atom stereocenters. The second-order valence-electron chi connectivity index (χ2n) is 20.2. The predicted octanol–water partition coefficient (Wildman–Crippen LogP) is 0.00530. The summed E-state index contributed by atoms with van der Waals surface area (Å²) in [5.74, 6) is 0. The minimum Gasteiger partial charge on any atom is -0.382 e. The Morgan fingerprint density at radius 3 is 0.951 bits per heavy atom. The van der Waals surface area contributed by atoms with Crippen molar-refractivity contribution in [1.82, 2.24) is 0 Å². The molecule has 28 nitrogen and oxygen atoms in total. The van der Waals surface area contributed by atoms with Gasteiger partial charge in [-0.15, -0.1) is 0 Å². The molecule has 0 aliphatic carbocycles. The van der Waals surface area contributed by atoms with E-state index >= 15 is 0 Å². The van der Waals surface area contributed by atoms with E-state index in [1.54, 1.807) is 85.3 Å². The van der Waals surface area contributed by atoms with Gasteiger partial charge in [0.2, 0.25) is 0 Å². The van der Waals surface area contributed by atoms with E-state index in [2.05, 4.69) is 0 Å². The van der Waals surface area contributed by atoms with Gasteiger partial charge < -0.3 is 133 Å². The molecule has 0 radical (unpaired) electrons. The maximum atomic E-state index is 7.02. The zero-order valence-corrected chi connectivity index (χ0v) is 51.2. The van der Waals surface area contributed by atoms with Gasteiger partial charge in [0.15, 0.2) is 31.5 Å². The fraction of sp³-hybridized carbons (Fsp3) is 1.00. The van der Waals surface area contributed by atoms with Crippen LogP contribution in [0.5, 0.6) is 0 Å². The van der Waals surface area contributed by atoms with Crippen molar-refractivity contribution >= 4 is 0 Å². The number of hydrogen-bond acceptors (Lipinski definition) is 28. The maximum Gasteiger partial charge on any atom is 0.187 e. The zero-order chi connectivity index (χ0) is 59.6. The Kier molecular flexibility index (Phi) is 30.5. The molecule has 0 N–H and O–H groups in total. The fourth-order valence-corrected chi connectivity index (χ4v) is 11.8. The standard InChI is InChI=1S/C53H98O28/c1-27-34(39(64-13)46(48(73-27)72-26-53(71-20,25-58-7)32(59-8)24-57-6)80-50-44(69-18)40(65-14)35(60-9)29(75-50)21-54-3)78-49-43(68-17)38(63-12)33(28(2)74-49)79-52-47(42(67-16)37(62-11)31(77-52)23-56-5)81-51-45(70-19)41(66-15)36(61-10)30(76-51)22-55-4/h27-52H,21-26H2,1-20H3/t27-,28-,29+,30+,31+,32-,33+,34-,35-,36-,37+,38+,39+,40-,41-,42-,43-,44+,45+,46+,47+,48-,49+,50+,51+,52-,53+/m0/s1. The van der Waals surface area contributed by atoms with Gasteiger partial charge in [-0.05, 0) is 13.8 Å². The molecule has 478 valence electrons. The van der Waals surface area contributed by atoms with Crippen LogP contribution in [-0.4, -0.2) is 333 Å². The van der Waals surface area contributed by atoms with Crippen molar-refractivity contribution in [3.05, 3.63) is 0 Å². The summed E-state index contributed by atoms with van der Waals surface area (Å²) in [5, 5.41) is 0. The van der Waals surface area contributed by atoms with Gasteiger partial charge >= 0.3 is 0 Å². The lowest BCUT2D eigenvalue weighted by Gasteiger charge is -2.52. The molecule has 0 aromatic carbocycles. The topological polar surface area (TPSA) is 258 Å². The van der Waals surface area contributed by atoms with Gasteiger partial charge in [-0.1, -0.05) is 0 Å². The Morgan fingerprint density at radius 2 is 0.617 bits per heavy atom. The first-order valence-corrected chi connectivity index (χ1v) is 27.0. The van der Waals surface area contributed by atoms with E-state index in [0.717, 1.165) is 0 Å². The van der Waals surface area contributed by atoms with Crippen LogP contribution in [0, 0.1) is 0 Å². The second-order valence-corrected chi connectivity index (χ2v) is 20.2. The molecule has 0 aromatic heterocycles. The molecule has 5 fully saturated rings. The Balaban J connectivity index is 1.50. The van der Waals surface area contributed by atoms with E-state index in [-0.39, 0.29) is 39.6 Å². The average molecular weight is 1180 g/mol. The number of hydrogen-bond donors (Lipinski definition) is 0. The molecule has 5 rings (SSSR count). The number of ether oxygens (including phenoxy) is 28. The van der Waals surface area contributed by atoms with Crippen LogP contribution in [0.15, 0.2) is 0 Å². The Labute approximate surface area is 478 Å². The molecule has 81 heavy (non-hydrogen) atoms. The molecule has 0 aromatic rings. The highest BCUT2D eigenvalue weighted by atomic mass is 16.8. The van der Waals surface area contributed by atoms with Crippen LogP contribution < -0.4 is 0 Å². The van der Waals surface area contributed by atoms with Crippen LogP contribution in [0.3, 0.4) is 0 Å². The highest BCUT2D eigenvalue weighted by Gasteiger charge is 2.59. The van der Waals surface area contributed by atoms with Gasteiger partial charge in [0.1, 0.15) is 122 Å². The first-order valence-electron chi connectivity index (χ1n) is 27.0. The number of methoxy groups -OCH3 is 18. The average Bonchev–Trinajstić information content (AvgIpc) is 3.47. The summed E-state index contributed by atoms with van der Waals surface area (Å²) in [6.45, 7) is 4.11. The molecule has 0 bridgehead atoms. The van der Waals surface area contributed by atoms with Crippen LogP contribution >= 0.6 is 0 Å². The van der Waals surface area contributed by atoms with Crippen molar-refractivity contribution in [3.8, 4) is 0 Å². The third-order valence-corrected chi connectivity index (χ3v) is 15.9. The highest BCUT2D eigenvalue weighted by Crippen LogP contribution is 2.40. The van der Waals surface area contributed by atoms with Crippen LogP contribution in [0.1, 0.15) is 13.8 Å². The monoisotopic (exact) mass is 1180 g/mol. The summed E-state index contributed by atoms with van der Waals surface area (Å²) in [6, 6.07) is 0. The molecular weight excluding hydrogens is 1080 g/mol. The van der Waals surface area contributed by atoms with E-state index < -0.39 is 165 Å². The van der Waals surface area contributed by atoms with Gasteiger partial charge in [0.25, 0.3) is 0 Å². The summed E-state index contributed by atoms with van der Waals surface area (Å²) < 4.78 is 175. The minimum absolute atomic E-state index is 0.0568. The lowest BCUT2D eigenvalue weighted by Crippen LogP contribution is -2.68. The molecule has 28 heteroatoms. The third kappa shape index (κ3) is 16.2. The lowest BCUT2D eigenvalue weighted by atomic mass is 9.95. The molecule has 5 saturated heterocycles. The Hall–Kier alpha value is -1.12. The molecule has 5 aliphatic rings. The summed E-state index contributed by atoms with van der Waals surface area (Å²) in [6.07, 6.45) is -22.5. The van der Waals surface area contributed by atoms with Gasteiger partial charge in [-0.25, -0.2) is 0 Å². The van der Waals surface area contributed by atoms with Crippen molar-refractivity contribution in [3.63, 3.8) is 0 Å². The second kappa shape index (κ2) is 35.0. The van der Waals surface area contributed by atoms with Gasteiger partial charge in [-0.3, -0.25) is 0 Å². The molecule has 5 aliphatic heterocycles. The van der Waals surface area contributed by atoms with E-state index in [0.29, 0.717) is 0 Å². The zero-order valence-electron chi connectivity index (χ0n) is 51.2. The van der Waals surface area contributed by atoms with E-state index in [1.165, 1.54) is 42.7 Å². The van der Waals surface area contributed by atoms with Crippen molar-refractivity contribution in [2.24, 2.45) is 0 Å². The van der Waals surface area contributed by atoms with Crippen molar-refractivity contribution in [2.75, 3.05) is 168 Å². The van der Waals surface area contributed by atoms with E-state index in [4.69, 9.17) is 133 Å². The van der Waals surface area contributed by atoms with Gasteiger partial charge in [-0.2, -0.15) is 0 Å². The molecule has 0 unspecified atom stereocenters. The van der Waals surface area contributed by atoms with Crippen LogP contribution in [-0.2, 0) is 133 Å². The number of rotatable bonds is 35. The smallest absolute Gasteiger partial charge is 0.187 e. The summed E-state index contributed by atoms with van der Waals surface area (Å²) >= 11 is 0. The quantitative estimate of drug-likeness (QED) is 0.0809. The minimum atomic E-state index is -1.21. The van der Waals surface area contributed by atoms with E-state index in [1.807, 2.05) is 13.8 Å². The largest absolute Gasteiger partial charge is 0.382 e. The normalized spacial score (nSPS) is 41.7. The lowest BCUT2D eigenvalue weighted by molar-refractivity contribution is -0.404. The Morgan fingerprint density at radius 1 is 0.309 bits per heavy atom. The SMILES string of the molecule is COC[C@H](OC)[C@@](COC)(CO[C@H]1O[C@@H](C)[C@H](O[C@H]2O[C@@H](C)[C@@H](O[C@@H]3O[C@H](COC)[C@@H](OC)[C@H](OC)[C@H]3O[C@H]3O[C@H](COC)[C@H](OC)[C@H](OC)[C@H]3OC)[C@@H](OC)[C@@H]2OC)[C@@H](OC)[C@H]1O[C@H]1O[C@H](COC)[C@H](OC)[C@H](OC)[C@H]1OC)OC. The van der Waals surface area contributed by atoms with Crippen LogP contribution in [0.2, 0.25) is 0 Å². The van der Waals surface area contributed by atoms with Crippen molar-refractivity contribution in [2.45, 2.75) is 179 Å². The maximum absolute atomic E-state index is 7.02. The molecule has 0 amide bonds. The predicted molar refractivity (Wildman–Crippen MR) is 279 cm³/mol. The molecule has 5 heterocycles. The first-order chi connectivity index (χ1) is 39.2.